The average Bonchev–Trinajstić information content (AvgIpc) is 2.21. The number of rotatable bonds is 6. The van der Waals surface area contributed by atoms with Crippen molar-refractivity contribution < 1.29 is 26.5 Å². The molecule has 0 rings (SSSR count). The van der Waals surface area contributed by atoms with Gasteiger partial charge in [-0.1, -0.05) is 16.3 Å². The van der Waals surface area contributed by atoms with E-state index >= 15 is 0 Å². The summed E-state index contributed by atoms with van der Waals surface area (Å²) in [5.74, 6) is 0. The second kappa shape index (κ2) is 7.52. The minimum Gasteiger partial charge on any atom is -0.447 e. The summed E-state index contributed by atoms with van der Waals surface area (Å²) in [5, 5.41) is 0. The maximum Gasteiger partial charge on any atom is 0.463 e. The highest BCUT2D eigenvalue weighted by Crippen LogP contribution is 2.49. The molecule has 11 heteroatoms. The zero-order valence-electron chi connectivity index (χ0n) is 8.58. The summed E-state index contributed by atoms with van der Waals surface area (Å²) in [7, 11) is -1.37. The molecule has 0 aliphatic heterocycles. The van der Waals surface area contributed by atoms with E-state index in [9.17, 15) is 22.0 Å². The lowest BCUT2D eigenvalue weighted by atomic mass is 10.5. The van der Waals surface area contributed by atoms with Gasteiger partial charge in [-0.05, 0) is 12.5 Å². The SMILES string of the molecule is CCC=COP(N=PC(F)(F)C(F)(F)F)NP. The summed E-state index contributed by atoms with van der Waals surface area (Å²) >= 11 is 0. The molecule has 0 saturated carbocycles. The van der Waals surface area contributed by atoms with Crippen molar-refractivity contribution in [3.8, 4) is 0 Å². The minimum atomic E-state index is -5.61. The largest absolute Gasteiger partial charge is 0.463 e. The molecule has 2 atom stereocenters. The normalized spacial score (nSPS) is 15.7. The highest BCUT2D eigenvalue weighted by atomic mass is 31.2. The van der Waals surface area contributed by atoms with E-state index in [0.717, 1.165) is 0 Å². The maximum atomic E-state index is 12.5. The summed E-state index contributed by atoms with van der Waals surface area (Å²) in [4.78, 5) is 2.32. The molecule has 0 aromatic rings. The number of nitrogens with zero attached hydrogens (tertiary/aromatic N) is 1. The van der Waals surface area contributed by atoms with Crippen LogP contribution in [0.3, 0.4) is 0 Å². The molecule has 0 bridgehead atoms. The molecule has 17 heavy (non-hydrogen) atoms. The Hall–Kier alpha value is 0.110. The van der Waals surface area contributed by atoms with Crippen molar-refractivity contribution in [1.29, 1.82) is 0 Å². The smallest absolute Gasteiger partial charge is 0.447 e. The number of hydrogen-bond acceptors (Lipinski definition) is 3. The molecule has 0 aromatic heterocycles. The summed E-state index contributed by atoms with van der Waals surface area (Å²) < 4.78 is 68.3. The fourth-order valence-corrected chi connectivity index (χ4v) is 2.60. The molecule has 0 aromatic carbocycles. The fraction of sp³-hybridized carbons (Fsp3) is 0.667. The van der Waals surface area contributed by atoms with Gasteiger partial charge in [-0.3, -0.25) is 0 Å². The second-order valence-corrected chi connectivity index (χ2v) is 5.78. The molecular weight excluding hydrogens is 304 g/mol. The standard InChI is InChI=1S/C6H10F5N2OP3/c1-2-3-4-14-17(12-15)13-16-6(10,11)5(7,8)9/h3-4,12H,2,15H2,1H3. The first-order valence-electron chi connectivity index (χ1n) is 4.20. The molecule has 0 aliphatic rings. The summed E-state index contributed by atoms with van der Waals surface area (Å²) in [5.41, 5.74) is -4.87. The Morgan fingerprint density at radius 3 is 2.41 bits per heavy atom. The number of halogens is 5. The first kappa shape index (κ1) is 17.1. The molecule has 0 heterocycles. The van der Waals surface area contributed by atoms with Gasteiger partial charge in [-0.25, -0.2) is 4.86 Å². The van der Waals surface area contributed by atoms with Crippen molar-refractivity contribution in [3.05, 3.63) is 12.3 Å². The molecule has 100 valence electrons. The summed E-state index contributed by atoms with van der Waals surface area (Å²) in [6, 6.07) is 0. The van der Waals surface area contributed by atoms with Gasteiger partial charge in [0.25, 0.3) is 0 Å². The summed E-state index contributed by atoms with van der Waals surface area (Å²) in [6.45, 7) is 1.81. The number of allylic oxidation sites excluding steroid dienone is 1. The van der Waals surface area contributed by atoms with Crippen LogP contribution in [0.15, 0.2) is 16.9 Å². The van der Waals surface area contributed by atoms with E-state index in [1.165, 1.54) is 6.26 Å². The quantitative estimate of drug-likeness (QED) is 0.433. The van der Waals surface area contributed by atoms with Crippen LogP contribution in [-0.2, 0) is 4.52 Å². The van der Waals surface area contributed by atoms with E-state index in [-0.39, 0.29) is 0 Å². The number of alkyl halides is 5. The van der Waals surface area contributed by atoms with Gasteiger partial charge in [0.15, 0.2) is 0 Å². The van der Waals surface area contributed by atoms with Crippen molar-refractivity contribution in [2.24, 2.45) is 4.52 Å². The Morgan fingerprint density at radius 2 is 2.00 bits per heavy atom. The van der Waals surface area contributed by atoms with Crippen LogP contribution in [0.1, 0.15) is 13.3 Å². The van der Waals surface area contributed by atoms with Crippen molar-refractivity contribution in [3.63, 3.8) is 0 Å². The Kier molecular flexibility index (Phi) is 7.57. The molecule has 0 radical (unpaired) electrons. The van der Waals surface area contributed by atoms with E-state index in [0.29, 0.717) is 6.42 Å². The summed E-state index contributed by atoms with van der Waals surface area (Å²) in [6.07, 6.45) is -2.19. The van der Waals surface area contributed by atoms with Crippen molar-refractivity contribution in [2.75, 3.05) is 0 Å². The van der Waals surface area contributed by atoms with Crippen LogP contribution in [-0.4, -0.2) is 11.8 Å². The van der Waals surface area contributed by atoms with E-state index < -0.39 is 28.7 Å². The number of nitrogens with one attached hydrogen (secondary N) is 1. The van der Waals surface area contributed by atoms with Gasteiger partial charge in [-0.2, -0.15) is 26.5 Å². The zero-order valence-corrected chi connectivity index (χ0v) is 11.5. The molecule has 2 unspecified atom stereocenters. The van der Waals surface area contributed by atoms with Crippen molar-refractivity contribution >= 4 is 26.2 Å². The van der Waals surface area contributed by atoms with Crippen molar-refractivity contribution in [2.45, 2.75) is 25.2 Å². The van der Waals surface area contributed by atoms with Gasteiger partial charge in [-0.15, -0.1) is 0 Å². The monoisotopic (exact) mass is 314 g/mol. The third-order valence-electron chi connectivity index (χ3n) is 1.20. The van der Waals surface area contributed by atoms with Gasteiger partial charge >= 0.3 is 20.3 Å². The van der Waals surface area contributed by atoms with Gasteiger partial charge in [0, 0.05) is 0 Å². The Labute approximate surface area is 100 Å². The second-order valence-electron chi connectivity index (χ2n) is 2.52. The third-order valence-corrected chi connectivity index (χ3v) is 3.91. The highest BCUT2D eigenvalue weighted by molar-refractivity contribution is 7.59. The van der Waals surface area contributed by atoms with Crippen LogP contribution in [0, 0.1) is 0 Å². The van der Waals surface area contributed by atoms with Crippen LogP contribution in [0.4, 0.5) is 22.0 Å². The zero-order chi connectivity index (χ0) is 13.5. The van der Waals surface area contributed by atoms with Gasteiger partial charge in [0.1, 0.15) is 8.37 Å². The molecule has 3 nitrogen and oxygen atoms in total. The fourth-order valence-electron chi connectivity index (χ4n) is 0.428. The lowest BCUT2D eigenvalue weighted by Gasteiger charge is -2.14. The predicted molar refractivity (Wildman–Crippen MR) is 60.6 cm³/mol. The van der Waals surface area contributed by atoms with E-state index in [4.69, 9.17) is 4.52 Å². The average molecular weight is 314 g/mol. The molecule has 0 spiro atoms. The lowest BCUT2D eigenvalue weighted by molar-refractivity contribution is -0.238. The highest BCUT2D eigenvalue weighted by Gasteiger charge is 2.57. The van der Waals surface area contributed by atoms with Crippen LogP contribution in [0.25, 0.3) is 0 Å². The topological polar surface area (TPSA) is 33.6 Å². The first-order chi connectivity index (χ1) is 7.74. The lowest BCUT2D eigenvalue weighted by Crippen LogP contribution is -2.30. The van der Waals surface area contributed by atoms with E-state index in [1.807, 2.05) is 16.3 Å². The molecule has 0 fully saturated rings. The van der Waals surface area contributed by atoms with E-state index in [1.54, 1.807) is 6.08 Å². The van der Waals surface area contributed by atoms with Crippen molar-refractivity contribution in [1.82, 2.24) is 4.86 Å². The van der Waals surface area contributed by atoms with Crippen LogP contribution in [0.2, 0.25) is 0 Å². The molecule has 0 saturated heterocycles. The Balaban J connectivity index is 4.51. The molecule has 0 aliphatic carbocycles. The molecule has 1 N–H and O–H groups in total. The van der Waals surface area contributed by atoms with Crippen LogP contribution < -0.4 is 4.86 Å². The van der Waals surface area contributed by atoms with Gasteiger partial charge in [0.05, 0.1) is 6.26 Å². The Bertz CT molecular complexity index is 283. The first-order valence-corrected chi connectivity index (χ1v) is 6.83. The predicted octanol–water partition coefficient (Wildman–Crippen LogP) is 4.82. The van der Waals surface area contributed by atoms with E-state index in [2.05, 4.69) is 9.37 Å². The minimum absolute atomic E-state index is 0.649. The Morgan fingerprint density at radius 1 is 1.41 bits per heavy atom. The maximum absolute atomic E-state index is 12.5. The molecular formula is C6H10F5N2OP3. The van der Waals surface area contributed by atoms with Crippen LogP contribution >= 0.6 is 26.2 Å². The molecule has 0 amide bonds. The number of hydrogen-bond donors (Lipinski definition) is 1. The van der Waals surface area contributed by atoms with Gasteiger partial charge < -0.3 is 4.52 Å². The van der Waals surface area contributed by atoms with Gasteiger partial charge in [0.2, 0.25) is 0 Å². The third kappa shape index (κ3) is 6.56. The van der Waals surface area contributed by atoms with Crippen LogP contribution in [0.5, 0.6) is 0 Å².